The van der Waals surface area contributed by atoms with E-state index in [0.29, 0.717) is 16.7 Å². The lowest BCUT2D eigenvalue weighted by molar-refractivity contribution is 0.364. The molecule has 0 aliphatic carbocycles. The Hall–Kier alpha value is -1.86. The fourth-order valence-electron chi connectivity index (χ4n) is 2.13. The SMILES string of the molecule is Cc1ccc(-n2cnnc2SC(C)c2nc(C(C)(C)C)no2)cc1Cl. The first-order valence-electron chi connectivity index (χ1n) is 7.93. The molecule has 1 aromatic carbocycles. The summed E-state index contributed by atoms with van der Waals surface area (Å²) >= 11 is 7.74. The molecule has 0 aliphatic rings. The molecule has 0 N–H and O–H groups in total. The summed E-state index contributed by atoms with van der Waals surface area (Å²) in [6, 6.07) is 5.87. The number of hydrogen-bond donors (Lipinski definition) is 0. The van der Waals surface area contributed by atoms with Crippen molar-refractivity contribution in [2.24, 2.45) is 0 Å². The van der Waals surface area contributed by atoms with E-state index in [2.05, 4.69) is 41.1 Å². The van der Waals surface area contributed by atoms with E-state index < -0.39 is 0 Å². The van der Waals surface area contributed by atoms with Gasteiger partial charge in [0.1, 0.15) is 6.33 Å². The number of aryl methyl sites for hydroxylation is 1. The zero-order valence-corrected chi connectivity index (χ0v) is 16.4. The molecule has 0 saturated heterocycles. The number of benzene rings is 1. The third kappa shape index (κ3) is 3.88. The van der Waals surface area contributed by atoms with Crippen LogP contribution in [0.3, 0.4) is 0 Å². The van der Waals surface area contributed by atoms with Crippen LogP contribution in [0.4, 0.5) is 0 Å². The molecule has 8 heteroatoms. The van der Waals surface area contributed by atoms with Gasteiger partial charge in [-0.05, 0) is 31.5 Å². The van der Waals surface area contributed by atoms with E-state index in [1.54, 1.807) is 6.33 Å². The van der Waals surface area contributed by atoms with E-state index >= 15 is 0 Å². The molecule has 1 unspecified atom stereocenters. The average molecular weight is 378 g/mol. The first kappa shape index (κ1) is 17.9. The Morgan fingerprint density at radius 3 is 2.68 bits per heavy atom. The molecule has 0 bridgehead atoms. The number of nitrogens with zero attached hydrogens (tertiary/aromatic N) is 5. The Morgan fingerprint density at radius 1 is 1.28 bits per heavy atom. The largest absolute Gasteiger partial charge is 0.338 e. The second-order valence-electron chi connectivity index (χ2n) is 6.88. The van der Waals surface area contributed by atoms with Crippen LogP contribution in [0.15, 0.2) is 34.2 Å². The van der Waals surface area contributed by atoms with E-state index in [4.69, 9.17) is 16.1 Å². The van der Waals surface area contributed by atoms with Gasteiger partial charge in [0.2, 0.25) is 5.89 Å². The molecule has 3 aromatic rings. The summed E-state index contributed by atoms with van der Waals surface area (Å²) in [7, 11) is 0. The molecular weight excluding hydrogens is 358 g/mol. The van der Waals surface area contributed by atoms with Crippen LogP contribution in [-0.2, 0) is 5.41 Å². The topological polar surface area (TPSA) is 69.6 Å². The predicted molar refractivity (Wildman–Crippen MR) is 98.4 cm³/mol. The highest BCUT2D eigenvalue weighted by atomic mass is 35.5. The Kier molecular flexibility index (Phi) is 4.88. The second kappa shape index (κ2) is 6.80. The first-order valence-corrected chi connectivity index (χ1v) is 9.19. The van der Waals surface area contributed by atoms with Gasteiger partial charge in [-0.15, -0.1) is 10.2 Å². The molecule has 0 aliphatic heterocycles. The van der Waals surface area contributed by atoms with Crippen molar-refractivity contribution in [1.29, 1.82) is 0 Å². The second-order valence-corrected chi connectivity index (χ2v) is 8.60. The van der Waals surface area contributed by atoms with Gasteiger partial charge < -0.3 is 4.52 Å². The van der Waals surface area contributed by atoms with Crippen molar-refractivity contribution in [3.05, 3.63) is 46.8 Å². The molecule has 0 spiro atoms. The van der Waals surface area contributed by atoms with Crippen LogP contribution in [-0.4, -0.2) is 24.9 Å². The van der Waals surface area contributed by atoms with Crippen molar-refractivity contribution in [2.45, 2.75) is 50.4 Å². The molecule has 6 nitrogen and oxygen atoms in total. The summed E-state index contributed by atoms with van der Waals surface area (Å²) in [4.78, 5) is 4.51. The van der Waals surface area contributed by atoms with E-state index in [9.17, 15) is 0 Å². The minimum absolute atomic E-state index is 0.0486. The van der Waals surface area contributed by atoms with E-state index in [1.165, 1.54) is 11.8 Å². The fourth-order valence-corrected chi connectivity index (χ4v) is 3.17. The molecular formula is C17H20ClN5OS. The molecule has 2 aromatic heterocycles. The van der Waals surface area contributed by atoms with E-state index in [0.717, 1.165) is 16.4 Å². The van der Waals surface area contributed by atoms with Crippen molar-refractivity contribution < 1.29 is 4.52 Å². The highest BCUT2D eigenvalue weighted by Gasteiger charge is 2.24. The summed E-state index contributed by atoms with van der Waals surface area (Å²) in [6.45, 7) is 10.1. The van der Waals surface area contributed by atoms with Crippen LogP contribution >= 0.6 is 23.4 Å². The van der Waals surface area contributed by atoms with Crippen molar-refractivity contribution in [3.63, 3.8) is 0 Å². The number of hydrogen-bond acceptors (Lipinski definition) is 6. The van der Waals surface area contributed by atoms with Crippen LogP contribution in [0, 0.1) is 6.92 Å². The Balaban J connectivity index is 1.83. The maximum atomic E-state index is 6.24. The molecule has 0 radical (unpaired) electrons. The molecule has 25 heavy (non-hydrogen) atoms. The van der Waals surface area contributed by atoms with Gasteiger partial charge in [0.25, 0.3) is 0 Å². The quantitative estimate of drug-likeness (QED) is 0.610. The van der Waals surface area contributed by atoms with Crippen molar-refractivity contribution in [3.8, 4) is 5.69 Å². The van der Waals surface area contributed by atoms with Gasteiger partial charge in [0.05, 0.1) is 10.9 Å². The maximum absolute atomic E-state index is 6.24. The van der Waals surface area contributed by atoms with Crippen LogP contribution in [0.1, 0.15) is 50.2 Å². The van der Waals surface area contributed by atoms with Crippen molar-refractivity contribution in [2.75, 3.05) is 0 Å². The van der Waals surface area contributed by atoms with Gasteiger partial charge >= 0.3 is 0 Å². The van der Waals surface area contributed by atoms with E-state index in [1.807, 2.05) is 36.6 Å². The summed E-state index contributed by atoms with van der Waals surface area (Å²) in [5.74, 6) is 1.27. The lowest BCUT2D eigenvalue weighted by atomic mass is 9.96. The number of halogens is 1. The third-order valence-corrected chi connectivity index (χ3v) is 5.14. The summed E-state index contributed by atoms with van der Waals surface area (Å²) in [6.07, 6.45) is 1.67. The zero-order valence-electron chi connectivity index (χ0n) is 14.8. The molecule has 2 heterocycles. The van der Waals surface area contributed by atoms with Gasteiger partial charge in [-0.1, -0.05) is 55.4 Å². The summed E-state index contributed by atoms with van der Waals surface area (Å²) < 4.78 is 7.32. The Labute approximate surface area is 156 Å². The minimum atomic E-state index is -0.148. The third-order valence-electron chi connectivity index (χ3n) is 3.69. The smallest absolute Gasteiger partial charge is 0.239 e. The molecule has 0 fully saturated rings. The van der Waals surface area contributed by atoms with Gasteiger partial charge in [0, 0.05) is 10.4 Å². The molecule has 132 valence electrons. The molecule has 0 amide bonds. The maximum Gasteiger partial charge on any atom is 0.239 e. The highest BCUT2D eigenvalue weighted by molar-refractivity contribution is 7.99. The number of rotatable bonds is 4. The van der Waals surface area contributed by atoms with Gasteiger partial charge in [0.15, 0.2) is 11.0 Å². The first-order chi connectivity index (χ1) is 11.8. The van der Waals surface area contributed by atoms with Gasteiger partial charge in [-0.3, -0.25) is 4.57 Å². The standard InChI is InChI=1S/C17H20ClN5OS/c1-10-6-7-12(8-13(10)18)23-9-19-21-16(23)25-11(2)14-20-15(22-24-14)17(3,4)5/h6-9,11H,1-5H3. The van der Waals surface area contributed by atoms with Crippen LogP contribution in [0.5, 0.6) is 0 Å². The molecule has 0 saturated carbocycles. The average Bonchev–Trinajstić information content (AvgIpc) is 3.18. The number of thioether (sulfide) groups is 1. The Bertz CT molecular complexity index is 883. The normalized spacial score (nSPS) is 13.2. The monoisotopic (exact) mass is 377 g/mol. The van der Waals surface area contributed by atoms with Crippen LogP contribution in [0.25, 0.3) is 5.69 Å². The molecule has 1 atom stereocenters. The van der Waals surface area contributed by atoms with Gasteiger partial charge in [-0.2, -0.15) is 4.98 Å². The van der Waals surface area contributed by atoms with Crippen LogP contribution < -0.4 is 0 Å². The lowest BCUT2D eigenvalue weighted by Gasteiger charge is -2.11. The minimum Gasteiger partial charge on any atom is -0.338 e. The fraction of sp³-hybridized carbons (Fsp3) is 0.412. The molecule has 3 rings (SSSR count). The highest BCUT2D eigenvalue weighted by Crippen LogP contribution is 2.35. The summed E-state index contributed by atoms with van der Waals surface area (Å²) in [5, 5.41) is 13.7. The number of aromatic nitrogens is 5. The lowest BCUT2D eigenvalue weighted by Crippen LogP contribution is -2.13. The van der Waals surface area contributed by atoms with Crippen LogP contribution in [0.2, 0.25) is 5.02 Å². The summed E-state index contributed by atoms with van der Waals surface area (Å²) in [5.41, 5.74) is 1.79. The van der Waals surface area contributed by atoms with Crippen molar-refractivity contribution >= 4 is 23.4 Å². The Morgan fingerprint density at radius 2 is 2.04 bits per heavy atom. The van der Waals surface area contributed by atoms with E-state index in [-0.39, 0.29) is 10.7 Å². The van der Waals surface area contributed by atoms with Gasteiger partial charge in [-0.25, -0.2) is 0 Å². The predicted octanol–water partition coefficient (Wildman–Crippen LogP) is 4.76. The zero-order chi connectivity index (χ0) is 18.2. The van der Waals surface area contributed by atoms with Crippen molar-refractivity contribution in [1.82, 2.24) is 24.9 Å².